The summed E-state index contributed by atoms with van der Waals surface area (Å²) in [6.45, 7) is 5.53. The van der Waals surface area contributed by atoms with Crippen molar-refractivity contribution < 1.29 is 19.1 Å². The number of rotatable bonds is 7. The summed E-state index contributed by atoms with van der Waals surface area (Å²) < 4.78 is 10.3. The molecule has 0 saturated carbocycles. The Balaban J connectivity index is 1.98. The van der Waals surface area contributed by atoms with E-state index in [4.69, 9.17) is 9.47 Å². The minimum Gasteiger partial charge on any atom is -0.469 e. The van der Waals surface area contributed by atoms with Crippen LogP contribution in [0, 0.1) is 5.92 Å². The van der Waals surface area contributed by atoms with Gasteiger partial charge >= 0.3 is 11.9 Å². The van der Waals surface area contributed by atoms with Crippen molar-refractivity contribution in [3.63, 3.8) is 0 Å². The lowest BCUT2D eigenvalue weighted by Gasteiger charge is -2.19. The van der Waals surface area contributed by atoms with Gasteiger partial charge in [-0.3, -0.25) is 9.78 Å². The Morgan fingerprint density at radius 2 is 1.78 bits per heavy atom. The lowest BCUT2D eigenvalue weighted by atomic mass is 9.93. The van der Waals surface area contributed by atoms with E-state index in [0.717, 1.165) is 11.1 Å². The third kappa shape index (κ3) is 6.85. The molecule has 5 nitrogen and oxygen atoms in total. The molecular weight excluding hydrogens is 342 g/mol. The Kier molecular flexibility index (Phi) is 7.11. The number of ether oxygens (including phenoxy) is 2. The Labute approximate surface area is 160 Å². The van der Waals surface area contributed by atoms with Crippen LogP contribution in [0.3, 0.4) is 0 Å². The third-order valence-corrected chi connectivity index (χ3v) is 4.11. The van der Waals surface area contributed by atoms with E-state index in [-0.39, 0.29) is 17.9 Å². The van der Waals surface area contributed by atoms with Crippen LogP contribution in [0.5, 0.6) is 0 Å². The summed E-state index contributed by atoms with van der Waals surface area (Å²) in [7, 11) is 1.41. The van der Waals surface area contributed by atoms with E-state index < -0.39 is 5.60 Å². The van der Waals surface area contributed by atoms with E-state index >= 15 is 0 Å². The molecule has 2 aromatic rings. The topological polar surface area (TPSA) is 65.5 Å². The van der Waals surface area contributed by atoms with Crippen molar-refractivity contribution in [2.45, 2.75) is 45.6 Å². The van der Waals surface area contributed by atoms with Gasteiger partial charge in [0.15, 0.2) is 0 Å². The van der Waals surface area contributed by atoms with Crippen molar-refractivity contribution in [2.75, 3.05) is 7.11 Å². The van der Waals surface area contributed by atoms with Crippen LogP contribution in [-0.2, 0) is 27.1 Å². The molecule has 0 fully saturated rings. The van der Waals surface area contributed by atoms with Gasteiger partial charge in [-0.15, -0.1) is 0 Å². The summed E-state index contributed by atoms with van der Waals surface area (Å²) in [6, 6.07) is 11.1. The molecule has 0 bridgehead atoms. The molecule has 0 aliphatic rings. The molecule has 0 aliphatic heterocycles. The number of carbonyl (C=O) groups excluding carboxylic acids is 2. The van der Waals surface area contributed by atoms with Gasteiger partial charge in [0, 0.05) is 12.4 Å². The van der Waals surface area contributed by atoms with Crippen LogP contribution < -0.4 is 0 Å². The molecule has 0 saturated heterocycles. The summed E-state index contributed by atoms with van der Waals surface area (Å²) in [5.74, 6) is -0.785. The molecule has 144 valence electrons. The molecular formula is C22H27NO4. The predicted molar refractivity (Wildman–Crippen MR) is 103 cm³/mol. The number of methoxy groups -OCH3 is 1. The second-order valence-electron chi connectivity index (χ2n) is 7.52. The van der Waals surface area contributed by atoms with Crippen LogP contribution in [-0.4, -0.2) is 29.6 Å². The first-order valence-corrected chi connectivity index (χ1v) is 9.07. The fourth-order valence-electron chi connectivity index (χ4n) is 2.76. The summed E-state index contributed by atoms with van der Waals surface area (Å²) in [6.07, 6.45) is 5.45. The van der Waals surface area contributed by atoms with Gasteiger partial charge in [-0.05, 0) is 69.4 Å². The molecule has 1 atom stereocenters. The number of hydrogen-bond acceptors (Lipinski definition) is 5. The van der Waals surface area contributed by atoms with Crippen LogP contribution in [0.4, 0.5) is 0 Å². The Morgan fingerprint density at radius 3 is 2.33 bits per heavy atom. The van der Waals surface area contributed by atoms with Gasteiger partial charge in [0.1, 0.15) is 5.60 Å². The fourth-order valence-corrected chi connectivity index (χ4v) is 2.76. The van der Waals surface area contributed by atoms with Gasteiger partial charge < -0.3 is 9.47 Å². The van der Waals surface area contributed by atoms with Crippen molar-refractivity contribution in [1.82, 2.24) is 4.98 Å². The van der Waals surface area contributed by atoms with Gasteiger partial charge in [-0.25, -0.2) is 4.79 Å². The standard InChI is InChI=1S/C22H27NO4/c1-22(2,3)27-21(25)18-10-7-16(8-11-18)9-12-19(20(24)26-4)14-17-6-5-13-23-15-17/h5-8,10-11,13,15,19H,9,12,14H2,1-4H3/t19-/m1/s1. The molecule has 0 radical (unpaired) electrons. The van der Waals surface area contributed by atoms with E-state index in [1.165, 1.54) is 7.11 Å². The Morgan fingerprint density at radius 1 is 1.07 bits per heavy atom. The molecule has 1 aromatic carbocycles. The maximum Gasteiger partial charge on any atom is 0.338 e. The molecule has 0 aliphatic carbocycles. The minimum atomic E-state index is -0.518. The predicted octanol–water partition coefficient (Wildman–Crippen LogP) is 4.00. The molecule has 2 rings (SSSR count). The first kappa shape index (κ1) is 20.6. The van der Waals surface area contributed by atoms with Gasteiger partial charge in [0.05, 0.1) is 18.6 Å². The Hall–Kier alpha value is -2.69. The highest BCUT2D eigenvalue weighted by atomic mass is 16.6. The van der Waals surface area contributed by atoms with Gasteiger partial charge in [-0.1, -0.05) is 18.2 Å². The fraction of sp³-hybridized carbons (Fsp3) is 0.409. The molecule has 1 heterocycles. The van der Waals surface area contributed by atoms with E-state index in [1.54, 1.807) is 24.5 Å². The van der Waals surface area contributed by atoms with Gasteiger partial charge in [-0.2, -0.15) is 0 Å². The summed E-state index contributed by atoms with van der Waals surface area (Å²) in [5, 5.41) is 0. The van der Waals surface area contributed by atoms with Crippen molar-refractivity contribution >= 4 is 11.9 Å². The highest BCUT2D eigenvalue weighted by Crippen LogP contribution is 2.18. The average Bonchev–Trinajstić information content (AvgIpc) is 2.64. The number of benzene rings is 1. The number of nitrogens with zero attached hydrogens (tertiary/aromatic N) is 1. The van der Waals surface area contributed by atoms with E-state index in [9.17, 15) is 9.59 Å². The highest BCUT2D eigenvalue weighted by Gasteiger charge is 2.20. The smallest absolute Gasteiger partial charge is 0.338 e. The number of hydrogen-bond donors (Lipinski definition) is 0. The minimum absolute atomic E-state index is 0.218. The summed E-state index contributed by atoms with van der Waals surface area (Å²) in [5.41, 5.74) is 2.07. The number of pyridine rings is 1. The second-order valence-corrected chi connectivity index (χ2v) is 7.52. The van der Waals surface area contributed by atoms with Crippen LogP contribution in [0.25, 0.3) is 0 Å². The first-order valence-electron chi connectivity index (χ1n) is 9.07. The maximum absolute atomic E-state index is 12.1. The zero-order valence-corrected chi connectivity index (χ0v) is 16.4. The van der Waals surface area contributed by atoms with Crippen LogP contribution in [0.1, 0.15) is 48.7 Å². The molecule has 0 unspecified atom stereocenters. The monoisotopic (exact) mass is 369 g/mol. The van der Waals surface area contributed by atoms with E-state index in [2.05, 4.69) is 4.98 Å². The van der Waals surface area contributed by atoms with Crippen LogP contribution >= 0.6 is 0 Å². The largest absolute Gasteiger partial charge is 0.469 e. The number of carbonyl (C=O) groups is 2. The van der Waals surface area contributed by atoms with Crippen LogP contribution in [0.2, 0.25) is 0 Å². The normalized spacial score (nSPS) is 12.3. The van der Waals surface area contributed by atoms with Crippen molar-refractivity contribution in [2.24, 2.45) is 5.92 Å². The SMILES string of the molecule is COC(=O)[C@H](CCc1ccc(C(=O)OC(C)(C)C)cc1)Cc1cccnc1. The molecule has 1 aromatic heterocycles. The Bertz CT molecular complexity index is 748. The third-order valence-electron chi connectivity index (χ3n) is 4.11. The highest BCUT2D eigenvalue weighted by molar-refractivity contribution is 5.89. The van der Waals surface area contributed by atoms with E-state index in [0.29, 0.717) is 24.8 Å². The first-order chi connectivity index (χ1) is 12.8. The molecule has 0 N–H and O–H groups in total. The zero-order chi connectivity index (χ0) is 19.9. The molecule has 27 heavy (non-hydrogen) atoms. The van der Waals surface area contributed by atoms with Crippen molar-refractivity contribution in [3.8, 4) is 0 Å². The average molecular weight is 369 g/mol. The van der Waals surface area contributed by atoms with Gasteiger partial charge in [0.2, 0.25) is 0 Å². The zero-order valence-electron chi connectivity index (χ0n) is 16.4. The summed E-state index contributed by atoms with van der Waals surface area (Å²) in [4.78, 5) is 28.3. The number of esters is 2. The molecule has 0 amide bonds. The molecule has 5 heteroatoms. The molecule has 0 spiro atoms. The van der Waals surface area contributed by atoms with Crippen molar-refractivity contribution in [1.29, 1.82) is 0 Å². The quantitative estimate of drug-likeness (QED) is 0.690. The maximum atomic E-state index is 12.1. The van der Waals surface area contributed by atoms with E-state index in [1.807, 2.05) is 45.0 Å². The second kappa shape index (κ2) is 9.31. The van der Waals surface area contributed by atoms with Crippen molar-refractivity contribution in [3.05, 3.63) is 65.5 Å². The van der Waals surface area contributed by atoms with Crippen LogP contribution in [0.15, 0.2) is 48.8 Å². The number of aromatic nitrogens is 1. The lowest BCUT2D eigenvalue weighted by Crippen LogP contribution is -2.23. The lowest BCUT2D eigenvalue weighted by molar-refractivity contribution is -0.145. The van der Waals surface area contributed by atoms with Gasteiger partial charge in [0.25, 0.3) is 0 Å². The summed E-state index contributed by atoms with van der Waals surface area (Å²) >= 11 is 0. The number of aryl methyl sites for hydroxylation is 1.